The van der Waals surface area contributed by atoms with E-state index in [0.717, 1.165) is 12.5 Å². The fraction of sp³-hybridized carbons (Fsp3) is 1.00. The van der Waals surface area contributed by atoms with Crippen LogP contribution < -0.4 is 5.32 Å². The monoisotopic (exact) mass is 249 g/mol. The Bertz CT molecular complexity index is 240. The van der Waals surface area contributed by atoms with Crippen LogP contribution in [0.25, 0.3) is 0 Å². The van der Waals surface area contributed by atoms with Crippen LogP contribution in [-0.4, -0.2) is 18.8 Å². The van der Waals surface area contributed by atoms with Gasteiger partial charge in [-0.2, -0.15) is 13.2 Å². The maximum Gasteiger partial charge on any atom is 0.391 e. The number of hydrogen-bond donors (Lipinski definition) is 1. The molecule has 17 heavy (non-hydrogen) atoms. The largest absolute Gasteiger partial charge is 0.391 e. The summed E-state index contributed by atoms with van der Waals surface area (Å²) in [5, 5.41) is 3.45. The van der Waals surface area contributed by atoms with Crippen LogP contribution in [0.3, 0.4) is 0 Å². The molecular weight excluding hydrogens is 227 g/mol. The first-order chi connectivity index (χ1) is 7.97. The molecule has 1 unspecified atom stereocenters. The van der Waals surface area contributed by atoms with Crippen molar-refractivity contribution in [2.75, 3.05) is 6.54 Å². The summed E-state index contributed by atoms with van der Waals surface area (Å²) in [6.45, 7) is 3.22. The minimum Gasteiger partial charge on any atom is -0.314 e. The summed E-state index contributed by atoms with van der Waals surface area (Å²) >= 11 is 0. The average Bonchev–Trinajstić information content (AvgIpc) is 3.09. The quantitative estimate of drug-likeness (QED) is 0.800. The van der Waals surface area contributed by atoms with Crippen LogP contribution >= 0.6 is 0 Å². The molecule has 2 aliphatic carbocycles. The summed E-state index contributed by atoms with van der Waals surface area (Å²) < 4.78 is 37.4. The van der Waals surface area contributed by atoms with Crippen molar-refractivity contribution in [2.45, 2.75) is 57.7 Å². The second-order valence-corrected chi connectivity index (χ2v) is 5.81. The Morgan fingerprint density at radius 3 is 2.12 bits per heavy atom. The van der Waals surface area contributed by atoms with Crippen LogP contribution in [0.1, 0.15) is 45.4 Å². The van der Waals surface area contributed by atoms with E-state index in [1.54, 1.807) is 0 Å². The molecule has 0 amide bonds. The van der Waals surface area contributed by atoms with Crippen molar-refractivity contribution in [3.05, 3.63) is 0 Å². The molecule has 100 valence electrons. The van der Waals surface area contributed by atoms with Crippen LogP contribution in [0.5, 0.6) is 0 Å². The molecule has 0 aromatic carbocycles. The lowest BCUT2D eigenvalue weighted by Crippen LogP contribution is -2.38. The van der Waals surface area contributed by atoms with Crippen molar-refractivity contribution in [3.63, 3.8) is 0 Å². The predicted molar refractivity (Wildman–Crippen MR) is 61.7 cm³/mol. The Morgan fingerprint density at radius 1 is 1.06 bits per heavy atom. The van der Waals surface area contributed by atoms with Gasteiger partial charge < -0.3 is 5.32 Å². The van der Waals surface area contributed by atoms with Gasteiger partial charge in [-0.15, -0.1) is 0 Å². The summed E-state index contributed by atoms with van der Waals surface area (Å²) in [7, 11) is 0. The van der Waals surface area contributed by atoms with Crippen molar-refractivity contribution in [1.29, 1.82) is 0 Å². The van der Waals surface area contributed by atoms with Gasteiger partial charge in [-0.3, -0.25) is 0 Å². The average molecular weight is 249 g/mol. The van der Waals surface area contributed by atoms with E-state index >= 15 is 0 Å². The van der Waals surface area contributed by atoms with E-state index in [1.165, 1.54) is 12.8 Å². The van der Waals surface area contributed by atoms with Gasteiger partial charge in [0.2, 0.25) is 0 Å². The Morgan fingerprint density at radius 2 is 1.65 bits per heavy atom. The Balaban J connectivity index is 1.65. The molecule has 4 heteroatoms. The van der Waals surface area contributed by atoms with E-state index in [9.17, 15) is 13.2 Å². The highest BCUT2D eigenvalue weighted by molar-refractivity contribution is 4.84. The molecule has 2 saturated carbocycles. The smallest absolute Gasteiger partial charge is 0.314 e. The van der Waals surface area contributed by atoms with Crippen molar-refractivity contribution >= 4 is 0 Å². The second kappa shape index (κ2) is 5.17. The zero-order valence-electron chi connectivity index (χ0n) is 10.4. The SMILES string of the molecule is CC(CNC1CCC(C(F)(F)F)CC1)C1CC1. The normalized spacial score (nSPS) is 32.5. The predicted octanol–water partition coefficient (Wildman–Crippen LogP) is 3.74. The zero-order chi connectivity index (χ0) is 12.5. The maximum absolute atomic E-state index is 12.5. The molecule has 0 aliphatic heterocycles. The molecule has 2 aliphatic rings. The van der Waals surface area contributed by atoms with Gasteiger partial charge in [0, 0.05) is 6.04 Å². The number of alkyl halides is 3. The van der Waals surface area contributed by atoms with E-state index in [-0.39, 0.29) is 0 Å². The Kier molecular flexibility index (Phi) is 4.01. The number of rotatable bonds is 4. The van der Waals surface area contributed by atoms with Crippen LogP contribution in [0, 0.1) is 17.8 Å². The van der Waals surface area contributed by atoms with E-state index in [1.807, 2.05) is 0 Å². The van der Waals surface area contributed by atoms with Crippen molar-refractivity contribution in [3.8, 4) is 0 Å². The van der Waals surface area contributed by atoms with E-state index in [4.69, 9.17) is 0 Å². The number of nitrogens with one attached hydrogen (secondary N) is 1. The summed E-state index contributed by atoms with van der Waals surface area (Å²) in [5.74, 6) is 0.505. The molecule has 0 heterocycles. The first-order valence-electron chi connectivity index (χ1n) is 6.77. The molecule has 0 bridgehead atoms. The molecule has 0 aromatic heterocycles. The first kappa shape index (κ1) is 13.2. The van der Waals surface area contributed by atoms with Crippen molar-refractivity contribution in [2.24, 2.45) is 17.8 Å². The molecule has 1 N–H and O–H groups in total. The van der Waals surface area contributed by atoms with Gasteiger partial charge in [0.15, 0.2) is 0 Å². The molecule has 1 nitrogen and oxygen atoms in total. The molecule has 0 aromatic rings. The summed E-state index contributed by atoms with van der Waals surface area (Å²) in [5.41, 5.74) is 0. The van der Waals surface area contributed by atoms with Crippen molar-refractivity contribution < 1.29 is 13.2 Å². The van der Waals surface area contributed by atoms with Gasteiger partial charge in [0.25, 0.3) is 0 Å². The van der Waals surface area contributed by atoms with Gasteiger partial charge >= 0.3 is 6.18 Å². The van der Waals surface area contributed by atoms with Gasteiger partial charge in [-0.25, -0.2) is 0 Å². The lowest BCUT2D eigenvalue weighted by molar-refractivity contribution is -0.182. The minimum atomic E-state index is -3.98. The summed E-state index contributed by atoms with van der Waals surface area (Å²) in [4.78, 5) is 0. The number of halogens is 3. The highest BCUT2D eigenvalue weighted by Crippen LogP contribution is 2.38. The third-order valence-corrected chi connectivity index (χ3v) is 4.35. The highest BCUT2D eigenvalue weighted by Gasteiger charge is 2.41. The van der Waals surface area contributed by atoms with Crippen LogP contribution in [0.4, 0.5) is 13.2 Å². The van der Waals surface area contributed by atoms with Gasteiger partial charge in [0.1, 0.15) is 0 Å². The van der Waals surface area contributed by atoms with Gasteiger partial charge in [-0.1, -0.05) is 6.92 Å². The molecular formula is C13H22F3N. The molecule has 1 atom stereocenters. The fourth-order valence-electron chi connectivity index (χ4n) is 2.81. The molecule has 0 saturated heterocycles. The van der Waals surface area contributed by atoms with Crippen molar-refractivity contribution in [1.82, 2.24) is 5.32 Å². The van der Waals surface area contributed by atoms with Crippen LogP contribution in [0.15, 0.2) is 0 Å². The third kappa shape index (κ3) is 3.87. The third-order valence-electron chi connectivity index (χ3n) is 4.35. The maximum atomic E-state index is 12.5. The minimum absolute atomic E-state index is 0.305. The lowest BCUT2D eigenvalue weighted by Gasteiger charge is -2.31. The summed E-state index contributed by atoms with van der Waals surface area (Å²) in [6.07, 6.45) is 0.667. The van der Waals surface area contributed by atoms with Gasteiger partial charge in [-0.05, 0) is 56.9 Å². The second-order valence-electron chi connectivity index (χ2n) is 5.81. The Labute approximate surface area is 101 Å². The molecule has 2 rings (SSSR count). The Hall–Kier alpha value is -0.250. The lowest BCUT2D eigenvalue weighted by atomic mass is 9.85. The van der Waals surface area contributed by atoms with E-state index in [0.29, 0.717) is 37.6 Å². The van der Waals surface area contributed by atoms with E-state index in [2.05, 4.69) is 12.2 Å². The molecule has 0 spiro atoms. The standard InChI is InChI=1S/C13H22F3N/c1-9(10-2-3-10)8-17-12-6-4-11(5-7-12)13(14,15)16/h9-12,17H,2-8H2,1H3. The topological polar surface area (TPSA) is 12.0 Å². The van der Waals surface area contributed by atoms with Gasteiger partial charge in [0.05, 0.1) is 5.92 Å². The zero-order valence-corrected chi connectivity index (χ0v) is 10.4. The van der Waals surface area contributed by atoms with Crippen LogP contribution in [-0.2, 0) is 0 Å². The number of hydrogen-bond acceptors (Lipinski definition) is 1. The molecule has 2 fully saturated rings. The highest BCUT2D eigenvalue weighted by atomic mass is 19.4. The molecule has 0 radical (unpaired) electrons. The van der Waals surface area contributed by atoms with Crippen LogP contribution in [0.2, 0.25) is 0 Å². The first-order valence-corrected chi connectivity index (χ1v) is 6.77. The fourth-order valence-corrected chi connectivity index (χ4v) is 2.81. The van der Waals surface area contributed by atoms with E-state index < -0.39 is 12.1 Å². The summed E-state index contributed by atoms with van der Waals surface area (Å²) in [6, 6.07) is 0.315.